The van der Waals surface area contributed by atoms with Gasteiger partial charge in [0, 0.05) is 5.41 Å². The van der Waals surface area contributed by atoms with Crippen LogP contribution in [0.5, 0.6) is 0 Å². The summed E-state index contributed by atoms with van der Waals surface area (Å²) in [5.74, 6) is 0.245. The van der Waals surface area contributed by atoms with Gasteiger partial charge in [-0.2, -0.15) is 0 Å². The minimum absolute atomic E-state index is 0.0242. The number of hydrogen-bond acceptors (Lipinski definition) is 1. The first-order valence-electron chi connectivity index (χ1n) is 9.32. The van der Waals surface area contributed by atoms with Crippen molar-refractivity contribution in [1.29, 1.82) is 0 Å². The number of rotatable bonds is 1. The summed E-state index contributed by atoms with van der Waals surface area (Å²) in [6.45, 7) is 8.31. The normalized spacial score (nSPS) is 55.2. The zero-order valence-corrected chi connectivity index (χ0v) is 14.4. The number of carboxylic acids is 1. The number of halogens is 1. The molecule has 0 saturated heterocycles. The molecule has 2 nitrogen and oxygen atoms in total. The van der Waals surface area contributed by atoms with Gasteiger partial charge in [0.05, 0.1) is 5.41 Å². The van der Waals surface area contributed by atoms with E-state index in [0.29, 0.717) is 11.8 Å². The fourth-order valence-corrected chi connectivity index (χ4v) is 7.57. The van der Waals surface area contributed by atoms with Crippen LogP contribution in [0.2, 0.25) is 0 Å². The first-order valence-corrected chi connectivity index (χ1v) is 9.32. The van der Waals surface area contributed by atoms with Crippen LogP contribution in [0.15, 0.2) is 12.2 Å². The summed E-state index contributed by atoms with van der Waals surface area (Å²) in [5, 5.41) is 9.88. The van der Waals surface area contributed by atoms with Crippen LogP contribution >= 0.6 is 0 Å². The molecule has 0 aliphatic heterocycles. The molecule has 1 spiro atoms. The van der Waals surface area contributed by atoms with E-state index in [4.69, 9.17) is 0 Å². The third kappa shape index (κ3) is 1.72. The molecule has 0 aromatic carbocycles. The first kappa shape index (κ1) is 15.7. The zero-order chi connectivity index (χ0) is 16.6. The summed E-state index contributed by atoms with van der Waals surface area (Å²) in [4.78, 5) is 12.0. The van der Waals surface area contributed by atoms with Gasteiger partial charge in [-0.05, 0) is 80.6 Å². The van der Waals surface area contributed by atoms with Crippen LogP contribution in [0.3, 0.4) is 0 Å². The first-order chi connectivity index (χ1) is 10.8. The molecule has 0 aromatic rings. The van der Waals surface area contributed by atoms with Crippen molar-refractivity contribution in [3.05, 3.63) is 12.2 Å². The van der Waals surface area contributed by atoms with E-state index in [-0.39, 0.29) is 16.7 Å². The quantitative estimate of drug-likeness (QED) is 0.691. The third-order valence-corrected chi connectivity index (χ3v) is 8.64. The Labute approximate surface area is 138 Å². The molecule has 1 N–H and O–H groups in total. The highest BCUT2D eigenvalue weighted by Crippen LogP contribution is 2.72. The van der Waals surface area contributed by atoms with Crippen LogP contribution < -0.4 is 0 Å². The Hall–Kier alpha value is -0.860. The van der Waals surface area contributed by atoms with E-state index >= 15 is 4.39 Å². The Morgan fingerprint density at radius 1 is 1.17 bits per heavy atom. The van der Waals surface area contributed by atoms with Crippen molar-refractivity contribution >= 4 is 5.97 Å². The molecule has 4 rings (SSSR count). The van der Waals surface area contributed by atoms with E-state index in [1.165, 1.54) is 0 Å². The average molecular weight is 320 g/mol. The summed E-state index contributed by atoms with van der Waals surface area (Å²) in [7, 11) is 0. The molecule has 0 heterocycles. The van der Waals surface area contributed by atoms with Gasteiger partial charge in [0.15, 0.2) is 0 Å². The van der Waals surface area contributed by atoms with Crippen molar-refractivity contribution in [2.75, 3.05) is 0 Å². The molecule has 0 amide bonds. The summed E-state index contributed by atoms with van der Waals surface area (Å²) in [6, 6.07) is 0. The highest BCUT2D eigenvalue weighted by molar-refractivity contribution is 5.75. The number of carbonyl (C=O) groups is 1. The van der Waals surface area contributed by atoms with Crippen LogP contribution in [-0.4, -0.2) is 17.2 Å². The van der Waals surface area contributed by atoms with Gasteiger partial charge in [0.25, 0.3) is 0 Å². The third-order valence-electron chi connectivity index (χ3n) is 8.64. The molecule has 4 aliphatic rings. The number of alkyl halides is 1. The Kier molecular flexibility index (Phi) is 3.14. The Balaban J connectivity index is 1.78. The van der Waals surface area contributed by atoms with Crippen molar-refractivity contribution in [3.63, 3.8) is 0 Å². The monoisotopic (exact) mass is 320 g/mol. The maximum Gasteiger partial charge on any atom is 0.309 e. The topological polar surface area (TPSA) is 37.3 Å². The molecule has 0 aromatic heterocycles. The van der Waals surface area contributed by atoms with E-state index in [1.807, 2.05) is 6.92 Å². The smallest absolute Gasteiger partial charge is 0.309 e. The van der Waals surface area contributed by atoms with Crippen LogP contribution in [0.25, 0.3) is 0 Å². The van der Waals surface area contributed by atoms with Crippen LogP contribution in [0.4, 0.5) is 4.39 Å². The molecule has 7 atom stereocenters. The van der Waals surface area contributed by atoms with Crippen LogP contribution in [0, 0.1) is 34.0 Å². The lowest BCUT2D eigenvalue weighted by atomic mass is 9.41. The number of hydrogen-bond donors (Lipinski definition) is 1. The molecular weight excluding hydrogens is 291 g/mol. The standard InChI is InChI=1S/C20H29FO2/c1-12-13-5-6-15-18(2)8-4-9-19(3,17(22)23)14(18)7-10-20(15,11-13)16(12)21/h13-16H,1,4-11H2,2-3H3,(H,22,23)/t13-,14?,15?,16-,18+,19+,20+/m0/s1. The minimum Gasteiger partial charge on any atom is -0.481 e. The van der Waals surface area contributed by atoms with Crippen molar-refractivity contribution < 1.29 is 14.3 Å². The number of allylic oxidation sites excluding steroid dienone is 1. The van der Waals surface area contributed by atoms with Crippen molar-refractivity contribution in [2.24, 2.45) is 34.0 Å². The largest absolute Gasteiger partial charge is 0.481 e. The highest BCUT2D eigenvalue weighted by atomic mass is 19.1. The van der Waals surface area contributed by atoms with Gasteiger partial charge in [0.2, 0.25) is 0 Å². The molecule has 23 heavy (non-hydrogen) atoms. The van der Waals surface area contributed by atoms with E-state index in [1.54, 1.807) is 0 Å². The van der Waals surface area contributed by atoms with Gasteiger partial charge in [-0.15, -0.1) is 0 Å². The van der Waals surface area contributed by atoms with Crippen molar-refractivity contribution in [3.8, 4) is 0 Å². The summed E-state index contributed by atoms with van der Waals surface area (Å²) < 4.78 is 15.3. The fraction of sp³-hybridized carbons (Fsp3) is 0.850. The van der Waals surface area contributed by atoms with Gasteiger partial charge in [0.1, 0.15) is 6.17 Å². The predicted molar refractivity (Wildman–Crippen MR) is 87.7 cm³/mol. The van der Waals surface area contributed by atoms with Gasteiger partial charge < -0.3 is 5.11 Å². The maximum absolute atomic E-state index is 15.3. The lowest BCUT2D eigenvalue weighted by Crippen LogP contribution is -2.59. The molecule has 3 heteroatoms. The van der Waals surface area contributed by atoms with Crippen LogP contribution in [0.1, 0.15) is 65.2 Å². The molecule has 4 aliphatic carbocycles. The SMILES string of the molecule is C=C1[C@H]2CCC3[C@]4(C)CCC[C@@](C)(C(=O)O)C4CC[C@]3(C2)[C@H]1F. The zero-order valence-electron chi connectivity index (χ0n) is 14.4. The summed E-state index contributed by atoms with van der Waals surface area (Å²) in [5.41, 5.74) is -0.0512. The van der Waals surface area contributed by atoms with E-state index < -0.39 is 17.6 Å². The lowest BCUT2D eigenvalue weighted by Gasteiger charge is -2.63. The molecule has 2 unspecified atom stereocenters. The summed E-state index contributed by atoms with van der Waals surface area (Å²) >= 11 is 0. The van der Waals surface area contributed by atoms with E-state index in [0.717, 1.165) is 56.9 Å². The van der Waals surface area contributed by atoms with Gasteiger partial charge in [-0.3, -0.25) is 4.79 Å². The fourth-order valence-electron chi connectivity index (χ4n) is 7.57. The number of carboxylic acid groups (broad SMARTS) is 1. The summed E-state index contributed by atoms with van der Waals surface area (Å²) in [6.07, 6.45) is 6.75. The Bertz CT molecular complexity index is 572. The van der Waals surface area contributed by atoms with Gasteiger partial charge in [-0.25, -0.2) is 4.39 Å². The molecule has 4 fully saturated rings. The van der Waals surface area contributed by atoms with Crippen molar-refractivity contribution in [2.45, 2.75) is 71.4 Å². The van der Waals surface area contributed by atoms with Crippen molar-refractivity contribution in [1.82, 2.24) is 0 Å². The second-order valence-electron chi connectivity index (χ2n) is 9.37. The van der Waals surface area contributed by atoms with E-state index in [2.05, 4.69) is 13.5 Å². The molecular formula is C20H29FO2. The highest BCUT2D eigenvalue weighted by Gasteiger charge is 2.68. The Morgan fingerprint density at radius 3 is 2.61 bits per heavy atom. The second-order valence-corrected chi connectivity index (χ2v) is 9.37. The predicted octanol–water partition coefficient (Wildman–Crippen LogP) is 4.99. The minimum atomic E-state index is -0.865. The Morgan fingerprint density at radius 2 is 1.91 bits per heavy atom. The molecule has 2 bridgehead atoms. The van der Waals surface area contributed by atoms with Gasteiger partial charge >= 0.3 is 5.97 Å². The van der Waals surface area contributed by atoms with E-state index in [9.17, 15) is 9.90 Å². The van der Waals surface area contributed by atoms with Gasteiger partial charge in [-0.1, -0.05) is 19.9 Å². The molecule has 4 saturated carbocycles. The maximum atomic E-state index is 15.3. The number of aliphatic carboxylic acids is 1. The average Bonchev–Trinajstić information content (AvgIpc) is 2.68. The number of fused-ring (bicyclic) bond motifs is 3. The second kappa shape index (κ2) is 4.61. The molecule has 128 valence electrons. The van der Waals surface area contributed by atoms with Crippen LogP contribution in [-0.2, 0) is 4.79 Å². The lowest BCUT2D eigenvalue weighted by molar-refractivity contribution is -0.186. The molecule has 0 radical (unpaired) electrons.